The number of rotatable bonds is 8. The fourth-order valence-corrected chi connectivity index (χ4v) is 3.58. The molecule has 0 spiro atoms. The van der Waals surface area contributed by atoms with E-state index >= 15 is 0 Å². The van der Waals surface area contributed by atoms with Gasteiger partial charge in [-0.2, -0.15) is 8.78 Å². The van der Waals surface area contributed by atoms with Gasteiger partial charge in [0.1, 0.15) is 7.85 Å². The predicted octanol–water partition coefficient (Wildman–Crippen LogP) is 2.64. The van der Waals surface area contributed by atoms with Crippen molar-refractivity contribution in [3.8, 4) is 0 Å². The Morgan fingerprint density at radius 1 is 1.18 bits per heavy atom. The molecular weight excluding hydrogens is 467 g/mol. The number of hydrogen-bond donors (Lipinski definition) is 2. The second kappa shape index (κ2) is 10.3. The van der Waals surface area contributed by atoms with E-state index in [9.17, 15) is 28.0 Å². The summed E-state index contributed by atoms with van der Waals surface area (Å²) in [7, 11) is 5.88. The number of nitrogens with zero attached hydrogens (tertiary/aromatic N) is 1. The van der Waals surface area contributed by atoms with Crippen molar-refractivity contribution in [3.63, 3.8) is 0 Å². The number of halogens is 3. The number of hydrogen-bond acceptors (Lipinski definition) is 4. The van der Waals surface area contributed by atoms with Gasteiger partial charge in [-0.05, 0) is 35.7 Å². The molecule has 7 nitrogen and oxygen atoms in total. The minimum absolute atomic E-state index is 0.00651. The first-order chi connectivity index (χ1) is 16.0. The van der Waals surface area contributed by atoms with Crippen molar-refractivity contribution in [2.75, 3.05) is 0 Å². The maximum absolute atomic E-state index is 14.4. The number of fused-ring (bicyclic) bond motifs is 1. The van der Waals surface area contributed by atoms with E-state index in [2.05, 4.69) is 10.6 Å². The van der Waals surface area contributed by atoms with E-state index in [-0.39, 0.29) is 24.5 Å². The van der Waals surface area contributed by atoms with Gasteiger partial charge in [0.05, 0.1) is 5.94 Å². The Labute approximate surface area is 201 Å². The van der Waals surface area contributed by atoms with Gasteiger partial charge in [-0.3, -0.25) is 24.5 Å². The van der Waals surface area contributed by atoms with E-state index in [0.29, 0.717) is 23.1 Å². The van der Waals surface area contributed by atoms with Crippen LogP contribution in [0.4, 0.5) is 8.78 Å². The molecule has 0 unspecified atom stereocenters. The number of carbonyl (C=O) groups excluding carboxylic acids is 4. The highest BCUT2D eigenvalue weighted by molar-refractivity contribution is 6.30. The van der Waals surface area contributed by atoms with Crippen LogP contribution in [0.15, 0.2) is 42.5 Å². The standard InChI is InChI=1S/C23H21BClF2N3O4/c1-2-3-18(31)29-20(32)19(24)30-12-14-10-13(4-9-17(14)21(30)33)11-28-22(34)23(26,27)15-5-7-16(25)8-6-15/h4-10,19H,2-3,11-12H2,1H3,(H,28,34)(H,29,31,32)/t19-/m1/s1. The van der Waals surface area contributed by atoms with Crippen LogP contribution in [0.5, 0.6) is 0 Å². The van der Waals surface area contributed by atoms with Crippen molar-refractivity contribution in [1.29, 1.82) is 0 Å². The summed E-state index contributed by atoms with van der Waals surface area (Å²) in [4.78, 5) is 49.7. The van der Waals surface area contributed by atoms with Gasteiger partial charge in [0.15, 0.2) is 0 Å². The normalized spacial score (nSPS) is 13.9. The van der Waals surface area contributed by atoms with Crippen LogP contribution in [0.1, 0.15) is 46.8 Å². The lowest BCUT2D eigenvalue weighted by atomic mass is 9.93. The predicted molar refractivity (Wildman–Crippen MR) is 121 cm³/mol. The van der Waals surface area contributed by atoms with E-state index < -0.39 is 41.1 Å². The minimum Gasteiger partial charge on any atom is -0.346 e. The molecule has 0 saturated heterocycles. The van der Waals surface area contributed by atoms with Crippen LogP contribution >= 0.6 is 11.6 Å². The van der Waals surface area contributed by atoms with Gasteiger partial charge >= 0.3 is 5.92 Å². The summed E-state index contributed by atoms with van der Waals surface area (Å²) < 4.78 is 28.9. The molecule has 4 amide bonds. The Kier molecular flexibility index (Phi) is 7.71. The largest absolute Gasteiger partial charge is 0.349 e. The van der Waals surface area contributed by atoms with E-state index in [0.717, 1.165) is 17.0 Å². The van der Waals surface area contributed by atoms with Crippen LogP contribution in [0.2, 0.25) is 5.02 Å². The van der Waals surface area contributed by atoms with Gasteiger partial charge in [-0.15, -0.1) is 0 Å². The Bertz CT molecular complexity index is 1130. The summed E-state index contributed by atoms with van der Waals surface area (Å²) in [6.07, 6.45) is 0.701. The summed E-state index contributed by atoms with van der Waals surface area (Å²) in [5.74, 6) is -8.39. The maximum Gasteiger partial charge on any atom is 0.349 e. The molecular formula is C23H21BClF2N3O4. The Balaban J connectivity index is 1.64. The van der Waals surface area contributed by atoms with E-state index in [1.165, 1.54) is 24.3 Å². The van der Waals surface area contributed by atoms with Gasteiger partial charge in [0.25, 0.3) is 11.8 Å². The van der Waals surface area contributed by atoms with Crippen molar-refractivity contribution in [2.24, 2.45) is 0 Å². The van der Waals surface area contributed by atoms with E-state index in [4.69, 9.17) is 19.4 Å². The van der Waals surface area contributed by atoms with Crippen LogP contribution in [0.3, 0.4) is 0 Å². The smallest absolute Gasteiger partial charge is 0.346 e. The summed E-state index contributed by atoms with van der Waals surface area (Å²) >= 11 is 5.70. The lowest BCUT2D eigenvalue weighted by Gasteiger charge is -2.23. The first-order valence-corrected chi connectivity index (χ1v) is 10.9. The van der Waals surface area contributed by atoms with E-state index in [1.807, 2.05) is 0 Å². The van der Waals surface area contributed by atoms with Gasteiger partial charge in [0, 0.05) is 35.7 Å². The first kappa shape index (κ1) is 25.4. The van der Waals surface area contributed by atoms with Crippen molar-refractivity contribution in [2.45, 2.75) is 44.7 Å². The molecule has 11 heteroatoms. The molecule has 1 heterocycles. The second-order valence-electron chi connectivity index (χ2n) is 7.80. The zero-order chi connectivity index (χ0) is 25.0. The lowest BCUT2D eigenvalue weighted by Crippen LogP contribution is -2.49. The number of carbonyl (C=O) groups is 4. The molecule has 2 N–H and O–H groups in total. The third-order valence-electron chi connectivity index (χ3n) is 5.29. The Morgan fingerprint density at radius 3 is 2.50 bits per heavy atom. The van der Waals surface area contributed by atoms with Gasteiger partial charge in [-0.25, -0.2) is 0 Å². The molecule has 1 aliphatic rings. The van der Waals surface area contributed by atoms with Crippen LogP contribution in [-0.4, -0.2) is 42.3 Å². The zero-order valence-corrected chi connectivity index (χ0v) is 19.0. The van der Waals surface area contributed by atoms with E-state index in [1.54, 1.807) is 13.0 Å². The monoisotopic (exact) mass is 487 g/mol. The topological polar surface area (TPSA) is 95.6 Å². The minimum atomic E-state index is -3.76. The van der Waals surface area contributed by atoms with Crippen molar-refractivity contribution in [1.82, 2.24) is 15.5 Å². The molecule has 34 heavy (non-hydrogen) atoms. The number of imide groups is 1. The molecule has 176 valence electrons. The fraction of sp³-hybridized carbons (Fsp3) is 0.304. The first-order valence-electron chi connectivity index (χ1n) is 10.5. The zero-order valence-electron chi connectivity index (χ0n) is 18.2. The third kappa shape index (κ3) is 5.44. The maximum atomic E-state index is 14.4. The van der Waals surface area contributed by atoms with Crippen LogP contribution in [0.25, 0.3) is 0 Å². The molecule has 1 atom stereocenters. The summed E-state index contributed by atoms with van der Waals surface area (Å²) in [5, 5.41) is 4.62. The van der Waals surface area contributed by atoms with Crippen molar-refractivity contribution in [3.05, 3.63) is 69.7 Å². The number of amides is 4. The second-order valence-corrected chi connectivity index (χ2v) is 8.23. The number of alkyl halides is 2. The Hall–Kier alpha value is -3.27. The van der Waals surface area contributed by atoms with Crippen molar-refractivity contribution < 1.29 is 28.0 Å². The van der Waals surface area contributed by atoms with Crippen LogP contribution < -0.4 is 10.6 Å². The SMILES string of the molecule is [B][C@@H](C(=O)NC(=O)CCC)N1Cc2cc(CNC(=O)C(F)(F)c3ccc(Cl)cc3)ccc2C1=O. The molecule has 0 aliphatic carbocycles. The molecule has 2 aromatic rings. The molecule has 2 aromatic carbocycles. The lowest BCUT2D eigenvalue weighted by molar-refractivity contribution is -0.147. The quantitative estimate of drug-likeness (QED) is 0.560. The third-order valence-corrected chi connectivity index (χ3v) is 5.54. The Morgan fingerprint density at radius 2 is 1.85 bits per heavy atom. The molecule has 0 aromatic heterocycles. The average molecular weight is 488 g/mol. The number of benzene rings is 2. The highest BCUT2D eigenvalue weighted by Gasteiger charge is 2.40. The fourth-order valence-electron chi connectivity index (χ4n) is 3.46. The average Bonchev–Trinajstić information content (AvgIpc) is 3.12. The highest BCUT2D eigenvalue weighted by atomic mass is 35.5. The van der Waals surface area contributed by atoms with Gasteiger partial charge in [-0.1, -0.05) is 42.8 Å². The van der Waals surface area contributed by atoms with Crippen molar-refractivity contribution >= 4 is 43.1 Å². The molecule has 0 bridgehead atoms. The van der Waals surface area contributed by atoms with Crippen LogP contribution in [0, 0.1) is 0 Å². The molecule has 3 rings (SSSR count). The summed E-state index contributed by atoms with van der Waals surface area (Å²) in [6, 6.07) is 9.25. The van der Waals surface area contributed by atoms with Gasteiger partial charge < -0.3 is 10.2 Å². The van der Waals surface area contributed by atoms with Gasteiger partial charge in [0.2, 0.25) is 11.8 Å². The molecule has 2 radical (unpaired) electrons. The molecule has 1 aliphatic heterocycles. The molecule has 0 saturated carbocycles. The van der Waals surface area contributed by atoms with Crippen LogP contribution in [-0.2, 0) is 33.4 Å². The summed E-state index contributed by atoms with van der Waals surface area (Å²) in [5.41, 5.74) is 0.799. The highest BCUT2D eigenvalue weighted by Crippen LogP contribution is 2.30. The molecule has 0 fully saturated rings. The number of nitrogens with one attached hydrogen (secondary N) is 2. The summed E-state index contributed by atoms with van der Waals surface area (Å²) in [6.45, 7) is 1.57.